The third-order valence-electron chi connectivity index (χ3n) is 6.21. The van der Waals surface area contributed by atoms with Gasteiger partial charge in [-0.05, 0) is 56.0 Å². The predicted molar refractivity (Wildman–Crippen MR) is 132 cm³/mol. The van der Waals surface area contributed by atoms with E-state index in [2.05, 4.69) is 27.4 Å². The van der Waals surface area contributed by atoms with Crippen LogP contribution in [-0.2, 0) is 0 Å². The van der Waals surface area contributed by atoms with Gasteiger partial charge in [-0.2, -0.15) is 15.0 Å². The molecule has 0 radical (unpaired) electrons. The van der Waals surface area contributed by atoms with Crippen molar-refractivity contribution in [2.45, 2.75) is 32.7 Å². The zero-order valence-corrected chi connectivity index (χ0v) is 20.1. The number of rotatable bonds is 5. The zero-order valence-electron chi connectivity index (χ0n) is 18.5. The first-order valence-electron chi connectivity index (χ1n) is 11.1. The average Bonchev–Trinajstić information content (AvgIpc) is 3.47. The molecule has 1 aliphatic rings. The summed E-state index contributed by atoms with van der Waals surface area (Å²) >= 11 is 7.71. The van der Waals surface area contributed by atoms with Crippen LogP contribution in [0, 0.1) is 12.8 Å². The van der Waals surface area contributed by atoms with E-state index in [-0.39, 0.29) is 11.9 Å². The van der Waals surface area contributed by atoms with E-state index in [4.69, 9.17) is 11.6 Å². The number of thiazole rings is 1. The summed E-state index contributed by atoms with van der Waals surface area (Å²) < 4.78 is 1.09. The number of likely N-dealkylation sites (tertiary alicyclic amines) is 1. The van der Waals surface area contributed by atoms with Crippen molar-refractivity contribution in [1.29, 1.82) is 0 Å². The second kappa shape index (κ2) is 9.11. The fraction of sp³-hybridized carbons (Fsp3) is 0.333. The topological polar surface area (TPSA) is 75.9 Å². The van der Waals surface area contributed by atoms with Crippen molar-refractivity contribution in [2.24, 2.45) is 5.92 Å². The standard InChI is InChI=1S/C24H25ClN6OS/c1-15-5-7-20(31-27-9-10-28-31)18(12-15)23(32)30-11-3-4-16(2)21(30)14-26-24-29-19-13-17(25)6-8-22(19)33-24/h5-10,12-13,16,21H,3-4,11,14H2,1-2H3,(H,26,29)/t16-,21-/m1/s1. The molecule has 33 heavy (non-hydrogen) atoms. The second-order valence-electron chi connectivity index (χ2n) is 8.54. The van der Waals surface area contributed by atoms with Crippen molar-refractivity contribution in [3.05, 3.63) is 64.9 Å². The third kappa shape index (κ3) is 4.45. The molecule has 3 heterocycles. The number of aromatic nitrogens is 4. The molecule has 9 heteroatoms. The number of anilines is 1. The van der Waals surface area contributed by atoms with Gasteiger partial charge in [0.25, 0.3) is 5.91 Å². The van der Waals surface area contributed by atoms with Crippen LogP contribution < -0.4 is 5.32 Å². The molecule has 170 valence electrons. The smallest absolute Gasteiger partial charge is 0.256 e. The van der Waals surface area contributed by atoms with Crippen LogP contribution in [0.2, 0.25) is 5.02 Å². The molecule has 0 spiro atoms. The van der Waals surface area contributed by atoms with Crippen LogP contribution in [-0.4, -0.2) is 49.9 Å². The molecular formula is C24H25ClN6OS. The lowest BCUT2D eigenvalue weighted by Gasteiger charge is -2.40. The van der Waals surface area contributed by atoms with Gasteiger partial charge in [-0.3, -0.25) is 4.79 Å². The van der Waals surface area contributed by atoms with Crippen LogP contribution in [0.1, 0.15) is 35.7 Å². The molecular weight excluding hydrogens is 456 g/mol. The molecule has 0 aliphatic carbocycles. The number of amides is 1. The summed E-state index contributed by atoms with van der Waals surface area (Å²) in [6, 6.07) is 11.6. The van der Waals surface area contributed by atoms with Gasteiger partial charge < -0.3 is 10.2 Å². The maximum atomic E-state index is 13.8. The Balaban J connectivity index is 1.40. The minimum Gasteiger partial charge on any atom is -0.359 e. The summed E-state index contributed by atoms with van der Waals surface area (Å²) in [5.74, 6) is 0.385. The number of nitrogens with zero attached hydrogens (tertiary/aromatic N) is 5. The highest BCUT2D eigenvalue weighted by atomic mass is 35.5. The van der Waals surface area contributed by atoms with E-state index in [0.717, 1.165) is 40.3 Å². The summed E-state index contributed by atoms with van der Waals surface area (Å²) in [5.41, 5.74) is 3.24. The van der Waals surface area contributed by atoms with E-state index in [1.807, 2.05) is 48.2 Å². The average molecular weight is 481 g/mol. The Morgan fingerprint density at radius 1 is 1.21 bits per heavy atom. The van der Waals surface area contributed by atoms with Gasteiger partial charge >= 0.3 is 0 Å². The van der Waals surface area contributed by atoms with Crippen LogP contribution >= 0.6 is 22.9 Å². The second-order valence-corrected chi connectivity index (χ2v) is 10.0. The number of fused-ring (bicyclic) bond motifs is 1. The van der Waals surface area contributed by atoms with Gasteiger partial charge in [0.15, 0.2) is 5.13 Å². The minimum atomic E-state index is 0.0143. The summed E-state index contributed by atoms with van der Waals surface area (Å²) in [4.78, 5) is 22.0. The molecule has 1 saturated heterocycles. The fourth-order valence-corrected chi connectivity index (χ4v) is 5.49. The van der Waals surface area contributed by atoms with E-state index in [1.54, 1.807) is 23.7 Å². The monoisotopic (exact) mass is 480 g/mol. The van der Waals surface area contributed by atoms with Crippen LogP contribution in [0.4, 0.5) is 5.13 Å². The molecule has 1 N–H and O–H groups in total. The molecule has 5 rings (SSSR count). The number of piperidine rings is 1. The summed E-state index contributed by atoms with van der Waals surface area (Å²) in [6.07, 6.45) is 5.32. The lowest BCUT2D eigenvalue weighted by Crippen LogP contribution is -2.51. The predicted octanol–water partition coefficient (Wildman–Crippen LogP) is 5.19. The normalized spacial score (nSPS) is 18.6. The van der Waals surface area contributed by atoms with Gasteiger partial charge in [-0.1, -0.05) is 41.5 Å². The quantitative estimate of drug-likeness (QED) is 0.425. The SMILES string of the molecule is Cc1ccc(-n2nccn2)c(C(=O)N2CCC[C@@H](C)[C@H]2CNc2nc3cc(Cl)ccc3s2)c1. The first-order chi connectivity index (χ1) is 16.0. The number of carbonyl (C=O) groups excluding carboxylic acids is 1. The lowest BCUT2D eigenvalue weighted by atomic mass is 9.90. The van der Waals surface area contributed by atoms with Gasteiger partial charge in [0.1, 0.15) is 0 Å². The fourth-order valence-electron chi connectivity index (χ4n) is 4.47. The Labute approximate surface area is 201 Å². The van der Waals surface area contributed by atoms with Gasteiger partial charge in [0.05, 0.1) is 39.9 Å². The molecule has 1 amide bonds. The highest BCUT2D eigenvalue weighted by Gasteiger charge is 2.33. The molecule has 4 aromatic rings. The van der Waals surface area contributed by atoms with E-state index in [1.165, 1.54) is 4.80 Å². The number of benzene rings is 2. The largest absolute Gasteiger partial charge is 0.359 e. The number of hydrogen-bond donors (Lipinski definition) is 1. The van der Waals surface area contributed by atoms with Crippen LogP contribution in [0.3, 0.4) is 0 Å². The number of aryl methyl sites for hydroxylation is 1. The number of nitrogens with one attached hydrogen (secondary N) is 1. The molecule has 2 aromatic heterocycles. The maximum absolute atomic E-state index is 13.8. The van der Waals surface area contributed by atoms with E-state index in [9.17, 15) is 4.79 Å². The Morgan fingerprint density at radius 3 is 2.85 bits per heavy atom. The van der Waals surface area contributed by atoms with Crippen LogP contribution in [0.5, 0.6) is 0 Å². The zero-order chi connectivity index (χ0) is 22.9. The maximum Gasteiger partial charge on any atom is 0.256 e. The van der Waals surface area contributed by atoms with Crippen molar-refractivity contribution in [3.63, 3.8) is 0 Å². The minimum absolute atomic E-state index is 0.0143. The molecule has 0 bridgehead atoms. The van der Waals surface area contributed by atoms with Crippen LogP contribution in [0.15, 0.2) is 48.8 Å². The molecule has 1 aliphatic heterocycles. The van der Waals surface area contributed by atoms with Gasteiger partial charge in [-0.25, -0.2) is 4.98 Å². The first-order valence-corrected chi connectivity index (χ1v) is 12.3. The molecule has 0 saturated carbocycles. The van der Waals surface area contributed by atoms with Crippen molar-refractivity contribution in [1.82, 2.24) is 24.9 Å². The van der Waals surface area contributed by atoms with Gasteiger partial charge in [-0.15, -0.1) is 0 Å². The summed E-state index contributed by atoms with van der Waals surface area (Å²) in [7, 11) is 0. The highest BCUT2D eigenvalue weighted by Crippen LogP contribution is 2.30. The number of halogens is 1. The molecule has 2 atom stereocenters. The van der Waals surface area contributed by atoms with Crippen molar-refractivity contribution < 1.29 is 4.79 Å². The van der Waals surface area contributed by atoms with Crippen LogP contribution in [0.25, 0.3) is 15.9 Å². The number of carbonyl (C=O) groups is 1. The Kier molecular flexibility index (Phi) is 6.03. The Bertz CT molecular complexity index is 1290. The molecule has 2 aromatic carbocycles. The van der Waals surface area contributed by atoms with Crippen molar-refractivity contribution >= 4 is 44.2 Å². The summed E-state index contributed by atoms with van der Waals surface area (Å²) in [6.45, 7) is 5.58. The summed E-state index contributed by atoms with van der Waals surface area (Å²) in [5, 5.41) is 13.5. The Hall–Kier alpha value is -2.97. The molecule has 7 nitrogen and oxygen atoms in total. The van der Waals surface area contributed by atoms with Gasteiger partial charge in [0, 0.05) is 18.1 Å². The third-order valence-corrected chi connectivity index (χ3v) is 7.43. The van der Waals surface area contributed by atoms with Crippen molar-refractivity contribution in [2.75, 3.05) is 18.4 Å². The van der Waals surface area contributed by atoms with E-state index < -0.39 is 0 Å². The van der Waals surface area contributed by atoms with E-state index in [0.29, 0.717) is 28.7 Å². The highest BCUT2D eigenvalue weighted by molar-refractivity contribution is 7.22. The molecule has 0 unspecified atom stereocenters. The van der Waals surface area contributed by atoms with Crippen molar-refractivity contribution in [3.8, 4) is 5.69 Å². The lowest BCUT2D eigenvalue weighted by molar-refractivity contribution is 0.0539. The Morgan fingerprint density at radius 2 is 2.03 bits per heavy atom. The van der Waals surface area contributed by atoms with E-state index >= 15 is 0 Å². The first kappa shape index (κ1) is 21.9. The van der Waals surface area contributed by atoms with Gasteiger partial charge in [0.2, 0.25) is 0 Å². The molecule has 1 fully saturated rings. The number of hydrogen-bond acceptors (Lipinski definition) is 6.